The second-order valence-corrected chi connectivity index (χ2v) is 7.22. The third-order valence-corrected chi connectivity index (χ3v) is 6.35. The quantitative estimate of drug-likeness (QED) is 0.696. The fraction of sp³-hybridized carbons (Fsp3) is 0.429. The van der Waals surface area contributed by atoms with E-state index in [4.69, 9.17) is 0 Å². The molecule has 1 nitrogen and oxygen atoms in total. The van der Waals surface area contributed by atoms with Crippen molar-refractivity contribution in [3.8, 4) is 0 Å². The smallest absolute Gasteiger partial charge is 0.101 e. The summed E-state index contributed by atoms with van der Waals surface area (Å²) >= 11 is 0. The van der Waals surface area contributed by atoms with Crippen LogP contribution in [0.15, 0.2) is 42.0 Å². The van der Waals surface area contributed by atoms with Crippen LogP contribution in [-0.4, -0.2) is 30.7 Å². The molecular weight excluding hydrogens is 266 g/mol. The Balaban J connectivity index is 1.88. The molecule has 0 radical (unpaired) electrons. The summed E-state index contributed by atoms with van der Waals surface area (Å²) in [6.45, 7) is 12.2. The number of quaternary nitrogens is 1. The second kappa shape index (κ2) is 4.96. The molecule has 2 aliphatic rings. The van der Waals surface area contributed by atoms with Crippen molar-refractivity contribution in [3.05, 3.63) is 53.1 Å². The van der Waals surface area contributed by atoms with E-state index in [9.17, 15) is 0 Å². The van der Waals surface area contributed by atoms with Crippen LogP contribution in [0.25, 0.3) is 16.8 Å². The number of fused-ring (bicyclic) bond motifs is 4. The summed E-state index contributed by atoms with van der Waals surface area (Å²) in [5.74, 6) is 1.39. The van der Waals surface area contributed by atoms with E-state index < -0.39 is 0 Å². The Morgan fingerprint density at radius 1 is 1.05 bits per heavy atom. The van der Waals surface area contributed by atoms with Gasteiger partial charge in [0.1, 0.15) is 6.54 Å². The van der Waals surface area contributed by atoms with Gasteiger partial charge in [-0.05, 0) is 53.3 Å². The Bertz CT molecular complexity index is 752. The lowest BCUT2D eigenvalue weighted by atomic mass is 9.76. The van der Waals surface area contributed by atoms with Gasteiger partial charge in [-0.1, -0.05) is 43.3 Å². The largest absolute Gasteiger partial charge is 0.320 e. The van der Waals surface area contributed by atoms with Gasteiger partial charge in [-0.3, -0.25) is 0 Å². The van der Waals surface area contributed by atoms with E-state index in [2.05, 4.69) is 63.2 Å². The van der Waals surface area contributed by atoms with E-state index >= 15 is 0 Å². The van der Waals surface area contributed by atoms with Gasteiger partial charge in [-0.25, -0.2) is 0 Å². The number of hydrogen-bond donors (Lipinski definition) is 0. The van der Waals surface area contributed by atoms with Gasteiger partial charge >= 0.3 is 0 Å². The Morgan fingerprint density at radius 3 is 2.59 bits per heavy atom. The Morgan fingerprint density at radius 2 is 1.82 bits per heavy atom. The van der Waals surface area contributed by atoms with Crippen LogP contribution in [0, 0.1) is 5.92 Å². The van der Waals surface area contributed by atoms with Gasteiger partial charge < -0.3 is 4.48 Å². The first-order chi connectivity index (χ1) is 10.7. The summed E-state index contributed by atoms with van der Waals surface area (Å²) in [4.78, 5) is 0. The van der Waals surface area contributed by atoms with Gasteiger partial charge in [0.25, 0.3) is 0 Å². The molecular formula is C21H26N+. The maximum Gasteiger partial charge on any atom is 0.101 e. The fourth-order valence-corrected chi connectivity index (χ4v) is 4.71. The number of benzene rings is 2. The molecule has 0 N–H and O–H groups in total. The van der Waals surface area contributed by atoms with Crippen LogP contribution in [0.3, 0.4) is 0 Å². The van der Waals surface area contributed by atoms with Gasteiger partial charge in [0.15, 0.2) is 0 Å². The molecule has 114 valence electrons. The van der Waals surface area contributed by atoms with E-state index in [-0.39, 0.29) is 0 Å². The van der Waals surface area contributed by atoms with Gasteiger partial charge in [0.2, 0.25) is 0 Å². The summed E-state index contributed by atoms with van der Waals surface area (Å²) in [7, 11) is 0. The van der Waals surface area contributed by atoms with E-state index in [1.54, 1.807) is 11.1 Å². The molecule has 1 aliphatic carbocycles. The summed E-state index contributed by atoms with van der Waals surface area (Å²) < 4.78 is 1.27. The molecule has 0 bridgehead atoms. The van der Waals surface area contributed by atoms with Crippen LogP contribution < -0.4 is 0 Å². The van der Waals surface area contributed by atoms with E-state index in [1.165, 1.54) is 47.0 Å². The van der Waals surface area contributed by atoms with Crippen LogP contribution in [-0.2, 0) is 0 Å². The highest BCUT2D eigenvalue weighted by molar-refractivity contribution is 5.93. The molecule has 1 saturated heterocycles. The highest BCUT2D eigenvalue weighted by atomic mass is 15.4. The summed E-state index contributed by atoms with van der Waals surface area (Å²) in [6, 6.07) is 13.5. The summed E-state index contributed by atoms with van der Waals surface area (Å²) in [5, 5.41) is 2.80. The second-order valence-electron chi connectivity index (χ2n) is 7.22. The molecule has 0 aromatic heterocycles. The third-order valence-electron chi connectivity index (χ3n) is 6.35. The predicted octanol–water partition coefficient (Wildman–Crippen LogP) is 4.83. The van der Waals surface area contributed by atoms with E-state index in [1.807, 2.05) is 0 Å². The summed E-state index contributed by atoms with van der Waals surface area (Å²) in [5.41, 5.74) is 4.74. The molecule has 0 amide bonds. The van der Waals surface area contributed by atoms with Crippen LogP contribution >= 0.6 is 0 Å². The number of hydrogen-bond acceptors (Lipinski definition) is 0. The molecule has 0 spiro atoms. The third kappa shape index (κ3) is 1.88. The average Bonchev–Trinajstić information content (AvgIpc) is 2.95. The van der Waals surface area contributed by atoms with Crippen LogP contribution in [0.1, 0.15) is 37.8 Å². The van der Waals surface area contributed by atoms with Gasteiger partial charge in [0, 0.05) is 5.92 Å². The number of likely N-dealkylation sites (N-methyl/N-ethyl adjacent to an activating group) is 1. The van der Waals surface area contributed by atoms with Gasteiger partial charge in [-0.2, -0.15) is 0 Å². The molecule has 0 saturated carbocycles. The van der Waals surface area contributed by atoms with Crippen LogP contribution in [0.4, 0.5) is 0 Å². The minimum absolute atomic E-state index is 0.651. The molecule has 2 atom stereocenters. The van der Waals surface area contributed by atoms with Crippen molar-refractivity contribution in [1.82, 2.24) is 0 Å². The highest BCUT2D eigenvalue weighted by Gasteiger charge is 2.44. The number of likely N-dealkylation sites (tertiary alicyclic amines) is 1. The first-order valence-corrected chi connectivity index (χ1v) is 8.74. The van der Waals surface area contributed by atoms with Crippen molar-refractivity contribution in [2.75, 3.05) is 26.2 Å². The average molecular weight is 292 g/mol. The maximum absolute atomic E-state index is 2.54. The minimum atomic E-state index is 0.651. The van der Waals surface area contributed by atoms with Gasteiger partial charge in [0.05, 0.1) is 19.6 Å². The topological polar surface area (TPSA) is 0 Å². The molecule has 2 aromatic carbocycles. The molecule has 1 aliphatic heterocycles. The normalized spacial score (nSPS) is 25.7. The first kappa shape index (κ1) is 14.0. The Labute approximate surface area is 133 Å². The fourth-order valence-electron chi connectivity index (χ4n) is 4.71. The Hall–Kier alpha value is -1.60. The summed E-state index contributed by atoms with van der Waals surface area (Å²) in [6.07, 6.45) is 2.54. The van der Waals surface area contributed by atoms with Crippen molar-refractivity contribution in [3.63, 3.8) is 0 Å². The molecule has 2 aromatic rings. The van der Waals surface area contributed by atoms with Crippen molar-refractivity contribution in [1.29, 1.82) is 0 Å². The zero-order valence-corrected chi connectivity index (χ0v) is 14.0. The van der Waals surface area contributed by atoms with Gasteiger partial charge in [-0.15, -0.1) is 0 Å². The van der Waals surface area contributed by atoms with E-state index in [0.29, 0.717) is 5.92 Å². The highest BCUT2D eigenvalue weighted by Crippen LogP contribution is 2.46. The lowest BCUT2D eigenvalue weighted by Crippen LogP contribution is -2.45. The SMILES string of the molecule is CC[N+]1(CC)CC2=Cc3c(ccc4ccccc34)C(C)C2C1. The standard InChI is InChI=1S/C21H26N/c1-4-22(5-2)13-17-12-20-18(15(3)21(17)14-22)11-10-16-8-6-7-9-19(16)20/h6-12,15,21H,4-5,13-14H2,1-3H3/q+1. The zero-order valence-electron chi connectivity index (χ0n) is 14.0. The van der Waals surface area contributed by atoms with Crippen LogP contribution in [0.2, 0.25) is 0 Å². The molecule has 1 heteroatoms. The van der Waals surface area contributed by atoms with E-state index in [0.717, 1.165) is 5.92 Å². The zero-order chi connectivity index (χ0) is 15.3. The lowest BCUT2D eigenvalue weighted by Gasteiger charge is -2.32. The number of rotatable bonds is 2. The predicted molar refractivity (Wildman–Crippen MR) is 94.9 cm³/mol. The van der Waals surface area contributed by atoms with Crippen molar-refractivity contribution in [2.24, 2.45) is 5.92 Å². The van der Waals surface area contributed by atoms with Crippen molar-refractivity contribution >= 4 is 16.8 Å². The van der Waals surface area contributed by atoms with Crippen LogP contribution in [0.5, 0.6) is 0 Å². The first-order valence-electron chi connectivity index (χ1n) is 8.74. The monoisotopic (exact) mass is 292 g/mol. The number of nitrogens with zero attached hydrogens (tertiary/aromatic N) is 1. The molecule has 4 rings (SSSR count). The molecule has 1 fully saturated rings. The van der Waals surface area contributed by atoms with Crippen molar-refractivity contribution in [2.45, 2.75) is 26.7 Å². The Kier molecular flexibility index (Phi) is 3.16. The maximum atomic E-state index is 2.54. The molecule has 22 heavy (non-hydrogen) atoms. The molecule has 1 heterocycles. The van der Waals surface area contributed by atoms with Crippen molar-refractivity contribution < 1.29 is 4.48 Å². The lowest BCUT2D eigenvalue weighted by molar-refractivity contribution is -0.912. The molecule has 2 unspecified atom stereocenters. The minimum Gasteiger partial charge on any atom is -0.320 e.